The fraction of sp³-hybridized carbons (Fsp3) is 0.500. The number of amides is 2. The summed E-state index contributed by atoms with van der Waals surface area (Å²) in [6, 6.07) is 4.85. The number of hydrogen-bond acceptors (Lipinski definition) is 3. The number of carbonyl (C=O) groups is 1. The highest BCUT2D eigenvalue weighted by Crippen LogP contribution is 2.33. The first-order chi connectivity index (χ1) is 12.6. The Labute approximate surface area is 162 Å². The molecule has 0 spiro atoms. The first kappa shape index (κ1) is 17.6. The summed E-state index contributed by atoms with van der Waals surface area (Å²) >= 11 is 12.1. The number of nitrogens with zero attached hydrogens (tertiary/aromatic N) is 4. The maximum absolute atomic E-state index is 12.9. The van der Waals surface area contributed by atoms with E-state index in [-0.39, 0.29) is 12.1 Å². The molecule has 0 radical (unpaired) electrons. The monoisotopic (exact) mass is 393 g/mol. The Morgan fingerprint density at radius 2 is 2.00 bits per heavy atom. The Balaban J connectivity index is 1.55. The van der Waals surface area contributed by atoms with Gasteiger partial charge < -0.3 is 14.8 Å². The van der Waals surface area contributed by atoms with E-state index in [4.69, 9.17) is 23.2 Å². The van der Waals surface area contributed by atoms with Crippen LogP contribution in [0.1, 0.15) is 49.8 Å². The van der Waals surface area contributed by atoms with Crippen LogP contribution in [0.4, 0.5) is 10.5 Å². The van der Waals surface area contributed by atoms with Gasteiger partial charge >= 0.3 is 6.03 Å². The SMILES string of the molecule is O=C(Nc1ccc(Cl)cc1Cl)N1CCCC1c1nnc2n1CCCCC2. The molecule has 1 N–H and O–H groups in total. The van der Waals surface area contributed by atoms with Crippen LogP contribution in [-0.2, 0) is 13.0 Å². The quantitative estimate of drug-likeness (QED) is 0.805. The molecule has 1 fully saturated rings. The van der Waals surface area contributed by atoms with Gasteiger partial charge in [-0.05, 0) is 43.9 Å². The molecule has 1 aromatic carbocycles. The number of anilines is 1. The Bertz CT molecular complexity index is 822. The van der Waals surface area contributed by atoms with Gasteiger partial charge in [0.2, 0.25) is 0 Å². The summed E-state index contributed by atoms with van der Waals surface area (Å²) in [5, 5.41) is 12.7. The van der Waals surface area contributed by atoms with Gasteiger partial charge in [0.15, 0.2) is 5.82 Å². The predicted molar refractivity (Wildman–Crippen MR) is 102 cm³/mol. The van der Waals surface area contributed by atoms with Crippen LogP contribution in [0.25, 0.3) is 0 Å². The summed E-state index contributed by atoms with van der Waals surface area (Å²) in [5.41, 5.74) is 0.562. The summed E-state index contributed by atoms with van der Waals surface area (Å²) in [4.78, 5) is 14.7. The van der Waals surface area contributed by atoms with Crippen molar-refractivity contribution in [3.63, 3.8) is 0 Å². The Morgan fingerprint density at radius 3 is 2.85 bits per heavy atom. The zero-order valence-corrected chi connectivity index (χ0v) is 15.9. The van der Waals surface area contributed by atoms with Crippen molar-refractivity contribution >= 4 is 34.9 Å². The average Bonchev–Trinajstić information content (AvgIpc) is 3.18. The first-order valence-corrected chi connectivity index (χ1v) is 9.84. The van der Waals surface area contributed by atoms with Gasteiger partial charge in [-0.3, -0.25) is 0 Å². The van der Waals surface area contributed by atoms with Gasteiger partial charge in [-0.15, -0.1) is 10.2 Å². The van der Waals surface area contributed by atoms with Gasteiger partial charge in [0, 0.05) is 24.5 Å². The third-order valence-corrected chi connectivity index (χ3v) is 5.67. The number of nitrogens with one attached hydrogen (secondary N) is 1. The molecule has 6 nitrogen and oxygen atoms in total. The second-order valence-electron chi connectivity index (χ2n) is 6.84. The van der Waals surface area contributed by atoms with Gasteiger partial charge in [0.05, 0.1) is 16.8 Å². The number of urea groups is 1. The van der Waals surface area contributed by atoms with Crippen molar-refractivity contribution in [2.45, 2.75) is 51.1 Å². The predicted octanol–water partition coefficient (Wildman–Crippen LogP) is 4.68. The van der Waals surface area contributed by atoms with Crippen LogP contribution in [0.3, 0.4) is 0 Å². The lowest BCUT2D eigenvalue weighted by Crippen LogP contribution is -2.35. The van der Waals surface area contributed by atoms with Crippen molar-refractivity contribution in [2.75, 3.05) is 11.9 Å². The number of benzene rings is 1. The molecule has 26 heavy (non-hydrogen) atoms. The number of rotatable bonds is 2. The normalized spacial score (nSPS) is 19.9. The van der Waals surface area contributed by atoms with Crippen molar-refractivity contribution in [2.24, 2.45) is 0 Å². The lowest BCUT2D eigenvalue weighted by molar-refractivity contribution is 0.203. The summed E-state index contributed by atoms with van der Waals surface area (Å²) < 4.78 is 2.22. The average molecular weight is 394 g/mol. The molecule has 0 aliphatic carbocycles. The molecule has 2 aromatic rings. The summed E-state index contributed by atoms with van der Waals surface area (Å²) in [7, 11) is 0. The number of aryl methyl sites for hydroxylation is 1. The summed E-state index contributed by atoms with van der Waals surface area (Å²) in [6.07, 6.45) is 6.33. The van der Waals surface area contributed by atoms with Crippen molar-refractivity contribution in [3.8, 4) is 0 Å². The third-order valence-electron chi connectivity index (χ3n) is 5.12. The molecule has 4 rings (SSSR count). The fourth-order valence-corrected chi connectivity index (χ4v) is 4.27. The lowest BCUT2D eigenvalue weighted by atomic mass is 10.2. The Kier molecular flexibility index (Phi) is 5.05. The van der Waals surface area contributed by atoms with E-state index in [2.05, 4.69) is 20.1 Å². The van der Waals surface area contributed by atoms with Crippen LogP contribution in [0, 0.1) is 0 Å². The van der Waals surface area contributed by atoms with Crippen LogP contribution in [-0.4, -0.2) is 32.2 Å². The molecular formula is C18H21Cl2N5O. The molecule has 138 valence electrons. The highest BCUT2D eigenvalue weighted by molar-refractivity contribution is 6.36. The molecule has 2 aliphatic rings. The number of aromatic nitrogens is 3. The largest absolute Gasteiger partial charge is 0.322 e. The molecule has 1 aromatic heterocycles. The zero-order chi connectivity index (χ0) is 18.1. The molecule has 1 unspecified atom stereocenters. The van der Waals surface area contributed by atoms with Crippen molar-refractivity contribution in [1.29, 1.82) is 0 Å². The molecule has 8 heteroatoms. The maximum atomic E-state index is 12.9. The van der Waals surface area contributed by atoms with Gasteiger partial charge in [-0.2, -0.15) is 0 Å². The van der Waals surface area contributed by atoms with E-state index < -0.39 is 0 Å². The van der Waals surface area contributed by atoms with Crippen LogP contribution in [0.15, 0.2) is 18.2 Å². The number of halogens is 2. The molecule has 2 amide bonds. The highest BCUT2D eigenvalue weighted by atomic mass is 35.5. The van der Waals surface area contributed by atoms with E-state index in [9.17, 15) is 4.79 Å². The molecule has 0 saturated carbocycles. The van der Waals surface area contributed by atoms with E-state index >= 15 is 0 Å². The lowest BCUT2D eigenvalue weighted by Gasteiger charge is -2.25. The van der Waals surface area contributed by atoms with Crippen LogP contribution < -0.4 is 5.32 Å². The minimum absolute atomic E-state index is 0.0413. The third kappa shape index (κ3) is 3.40. The van der Waals surface area contributed by atoms with Crippen molar-refractivity contribution in [1.82, 2.24) is 19.7 Å². The van der Waals surface area contributed by atoms with Crippen LogP contribution >= 0.6 is 23.2 Å². The second-order valence-corrected chi connectivity index (χ2v) is 7.69. The van der Waals surface area contributed by atoms with E-state index in [1.165, 1.54) is 6.42 Å². The molecule has 3 heterocycles. The fourth-order valence-electron chi connectivity index (χ4n) is 3.81. The highest BCUT2D eigenvalue weighted by Gasteiger charge is 2.34. The summed E-state index contributed by atoms with van der Waals surface area (Å²) in [5.74, 6) is 1.96. The zero-order valence-electron chi connectivity index (χ0n) is 14.4. The van der Waals surface area contributed by atoms with Crippen LogP contribution in [0.2, 0.25) is 10.0 Å². The minimum atomic E-state index is -0.164. The molecule has 1 saturated heterocycles. The first-order valence-electron chi connectivity index (χ1n) is 9.08. The van der Waals surface area contributed by atoms with Crippen molar-refractivity contribution < 1.29 is 4.79 Å². The smallest absolute Gasteiger partial charge is 0.314 e. The van der Waals surface area contributed by atoms with Gasteiger partial charge in [-0.25, -0.2) is 4.79 Å². The van der Waals surface area contributed by atoms with Gasteiger partial charge in [0.1, 0.15) is 5.82 Å². The molecule has 0 bridgehead atoms. The number of carbonyl (C=O) groups excluding carboxylic acids is 1. The minimum Gasteiger partial charge on any atom is -0.314 e. The number of likely N-dealkylation sites (tertiary alicyclic amines) is 1. The van der Waals surface area contributed by atoms with Crippen LogP contribution in [0.5, 0.6) is 0 Å². The van der Waals surface area contributed by atoms with Gasteiger partial charge in [-0.1, -0.05) is 29.6 Å². The summed E-state index contributed by atoms with van der Waals surface area (Å²) in [6.45, 7) is 1.64. The number of fused-ring (bicyclic) bond motifs is 1. The Hall–Kier alpha value is -1.79. The van der Waals surface area contributed by atoms with Gasteiger partial charge in [0.25, 0.3) is 0 Å². The molecule has 2 aliphatic heterocycles. The standard InChI is InChI=1S/C18H21Cl2N5O/c19-12-7-8-14(13(20)11-12)21-18(26)24-10-4-5-15(24)17-23-22-16-6-2-1-3-9-25(16)17/h7-8,11,15H,1-6,9-10H2,(H,21,26). The topological polar surface area (TPSA) is 63.1 Å². The second kappa shape index (κ2) is 7.45. The maximum Gasteiger partial charge on any atom is 0.322 e. The molecular weight excluding hydrogens is 373 g/mol. The van der Waals surface area contributed by atoms with E-state index in [1.54, 1.807) is 18.2 Å². The molecule has 1 atom stereocenters. The van der Waals surface area contributed by atoms with Crippen molar-refractivity contribution in [3.05, 3.63) is 39.9 Å². The van der Waals surface area contributed by atoms with E-state index in [1.807, 2.05) is 4.90 Å². The Morgan fingerprint density at radius 1 is 1.12 bits per heavy atom. The van der Waals surface area contributed by atoms with E-state index in [0.29, 0.717) is 22.3 Å². The van der Waals surface area contributed by atoms with E-state index in [0.717, 1.165) is 50.3 Å². The number of hydrogen-bond donors (Lipinski definition) is 1.